The highest BCUT2D eigenvalue weighted by molar-refractivity contribution is 6.18. The van der Waals surface area contributed by atoms with Crippen LogP contribution in [-0.2, 0) is 4.79 Å². The summed E-state index contributed by atoms with van der Waals surface area (Å²) in [4.78, 5) is 23.2. The number of halogens is 2. The molecule has 3 rings (SSSR count). The lowest BCUT2D eigenvalue weighted by Crippen LogP contribution is -2.30. The van der Waals surface area contributed by atoms with E-state index in [1.54, 1.807) is 18.2 Å². The number of aliphatic hydroxyl groups excluding tert-OH is 1. The Morgan fingerprint density at radius 2 is 2.12 bits per heavy atom. The first-order valence-corrected chi connectivity index (χ1v) is 9.90. The first-order chi connectivity index (χ1) is 15.3. The topological polar surface area (TPSA) is 128 Å². The van der Waals surface area contributed by atoms with Gasteiger partial charge in [0.25, 0.3) is 12.3 Å². The van der Waals surface area contributed by atoms with Crippen molar-refractivity contribution in [2.75, 3.05) is 18.5 Å². The zero-order valence-electron chi connectivity index (χ0n) is 17.6. The molecular weight excluding hydrogens is 420 g/mol. The number of alkyl halides is 2. The minimum absolute atomic E-state index is 0.0172. The number of dihydropyridines is 1. The predicted octanol–water partition coefficient (Wildman–Crippen LogP) is 2.02. The summed E-state index contributed by atoms with van der Waals surface area (Å²) in [6.45, 7) is 4.95. The second-order valence-corrected chi connectivity index (χ2v) is 7.33. The van der Waals surface area contributed by atoms with E-state index in [0.29, 0.717) is 12.4 Å². The molecule has 0 unspecified atom stereocenters. The molecule has 0 saturated carbocycles. The molecule has 11 heteroatoms. The minimum Gasteiger partial charge on any atom is -0.510 e. The number of nitrogens with one attached hydrogen (secondary N) is 3. The maximum Gasteiger partial charge on any atom is 0.278 e. The number of nitrogens with zero attached hydrogens (tertiary/aromatic N) is 3. The number of aromatic nitrogens is 1. The van der Waals surface area contributed by atoms with Gasteiger partial charge in [-0.25, -0.2) is 13.8 Å². The van der Waals surface area contributed by atoms with Crippen molar-refractivity contribution in [1.29, 1.82) is 0 Å². The monoisotopic (exact) mass is 445 g/mol. The Morgan fingerprint density at radius 3 is 2.81 bits per heavy atom. The van der Waals surface area contributed by atoms with Gasteiger partial charge >= 0.3 is 0 Å². The minimum atomic E-state index is -3.06. The molecule has 0 aromatic carbocycles. The largest absolute Gasteiger partial charge is 0.510 e. The van der Waals surface area contributed by atoms with Crippen molar-refractivity contribution >= 4 is 23.6 Å². The Bertz CT molecular complexity index is 1030. The van der Waals surface area contributed by atoms with Gasteiger partial charge in [-0.3, -0.25) is 9.79 Å². The summed E-state index contributed by atoms with van der Waals surface area (Å²) in [6, 6.07) is 5.27. The Morgan fingerprint density at radius 1 is 1.34 bits per heavy atom. The molecule has 32 heavy (non-hydrogen) atoms. The number of hydrogen-bond donors (Lipinski definition) is 5. The lowest BCUT2D eigenvalue weighted by molar-refractivity contribution is -0.112. The zero-order valence-corrected chi connectivity index (χ0v) is 17.6. The number of aliphatic hydroxyl groups is 1. The maximum absolute atomic E-state index is 13.3. The van der Waals surface area contributed by atoms with E-state index in [9.17, 15) is 18.7 Å². The van der Waals surface area contributed by atoms with Crippen LogP contribution in [0.3, 0.4) is 0 Å². The van der Waals surface area contributed by atoms with Gasteiger partial charge in [0.2, 0.25) is 0 Å². The molecule has 3 heterocycles. The van der Waals surface area contributed by atoms with E-state index in [1.807, 2.05) is 20.0 Å². The average Bonchev–Trinajstić information content (AvgIpc) is 3.24. The summed E-state index contributed by atoms with van der Waals surface area (Å²) in [5, 5.41) is 17.9. The molecule has 0 atom stereocenters. The number of carbonyl (C=O) groups is 1. The molecule has 0 radical (unpaired) electrons. The summed E-state index contributed by atoms with van der Waals surface area (Å²) in [6.07, 6.45) is 2.52. The number of anilines is 1. The van der Waals surface area contributed by atoms with Gasteiger partial charge in [-0.1, -0.05) is 6.07 Å². The first kappa shape index (κ1) is 22.8. The van der Waals surface area contributed by atoms with Gasteiger partial charge in [-0.2, -0.15) is 0 Å². The lowest BCUT2D eigenvalue weighted by atomic mass is 10.2. The number of hydrogen-bond acceptors (Lipinski definition) is 8. The molecule has 0 bridgehead atoms. The molecule has 0 spiro atoms. The summed E-state index contributed by atoms with van der Waals surface area (Å²) in [5.74, 6) is -0.690. The van der Waals surface area contributed by atoms with E-state index in [4.69, 9.17) is 5.73 Å². The standard InChI is InChI=1S/C21H25F2N7O2/c1-12(2)30-11-26-10-17(30)16-4-3-5-18(28-16)29-21(32)15(19(24)20(22)23)9-27-13-6-14(31)8-25-7-13/h3-7,9-10,12,20,25-26,31H,8,11,24H2,1-2H3,(H,28,29,32). The van der Waals surface area contributed by atoms with E-state index >= 15 is 0 Å². The average molecular weight is 445 g/mol. The third kappa shape index (κ3) is 5.42. The van der Waals surface area contributed by atoms with Gasteiger partial charge in [-0.15, -0.1) is 0 Å². The molecule has 9 nitrogen and oxygen atoms in total. The molecule has 1 aromatic heterocycles. The van der Waals surface area contributed by atoms with Crippen molar-refractivity contribution in [3.8, 4) is 0 Å². The fraction of sp³-hybridized carbons (Fsp3) is 0.286. The quantitative estimate of drug-likeness (QED) is 0.321. The number of nitrogens with two attached hydrogens (primary N) is 1. The molecule has 0 saturated heterocycles. The van der Waals surface area contributed by atoms with Crippen molar-refractivity contribution in [3.63, 3.8) is 0 Å². The molecule has 0 fully saturated rings. The van der Waals surface area contributed by atoms with E-state index < -0.39 is 23.6 Å². The highest BCUT2D eigenvalue weighted by Gasteiger charge is 2.22. The van der Waals surface area contributed by atoms with E-state index in [2.05, 4.69) is 30.8 Å². The number of rotatable bonds is 7. The molecular formula is C21H25F2N7O2. The molecule has 6 N–H and O–H groups in total. The first-order valence-electron chi connectivity index (χ1n) is 9.90. The van der Waals surface area contributed by atoms with Crippen molar-refractivity contribution < 1.29 is 18.7 Å². The summed E-state index contributed by atoms with van der Waals surface area (Å²) in [7, 11) is 0. The smallest absolute Gasteiger partial charge is 0.278 e. The van der Waals surface area contributed by atoms with Gasteiger partial charge < -0.3 is 31.7 Å². The van der Waals surface area contributed by atoms with Gasteiger partial charge in [0.1, 0.15) is 11.6 Å². The van der Waals surface area contributed by atoms with Crippen LogP contribution in [0.2, 0.25) is 0 Å². The van der Waals surface area contributed by atoms with Crippen LogP contribution in [0.15, 0.2) is 64.4 Å². The third-order valence-electron chi connectivity index (χ3n) is 4.67. The molecule has 170 valence electrons. The molecule has 2 aliphatic rings. The summed E-state index contributed by atoms with van der Waals surface area (Å²) >= 11 is 0. The number of allylic oxidation sites excluding steroid dienone is 2. The van der Waals surface area contributed by atoms with Gasteiger partial charge in [0, 0.05) is 30.7 Å². The van der Waals surface area contributed by atoms with E-state index in [-0.39, 0.29) is 29.9 Å². The highest BCUT2D eigenvalue weighted by Crippen LogP contribution is 2.23. The summed E-state index contributed by atoms with van der Waals surface area (Å²) < 4.78 is 26.5. The van der Waals surface area contributed by atoms with E-state index in [0.717, 1.165) is 11.9 Å². The van der Waals surface area contributed by atoms with Crippen LogP contribution in [0.1, 0.15) is 19.5 Å². The lowest BCUT2D eigenvalue weighted by Gasteiger charge is -2.25. The maximum atomic E-state index is 13.3. The SMILES string of the molecule is CC(C)N1CNC=C1c1cccc(NC(=O)C(C=NC2=CNCC(O)=C2)=C(N)C(F)F)n1. The molecule has 2 aliphatic heterocycles. The van der Waals surface area contributed by atoms with Crippen molar-refractivity contribution in [2.24, 2.45) is 10.7 Å². The number of carbonyl (C=O) groups excluding carboxylic acids is 1. The Kier molecular flexibility index (Phi) is 7.08. The van der Waals surface area contributed by atoms with Crippen LogP contribution in [-0.4, -0.2) is 52.8 Å². The van der Waals surface area contributed by atoms with Crippen LogP contribution in [0, 0.1) is 0 Å². The second-order valence-electron chi connectivity index (χ2n) is 7.33. The van der Waals surface area contributed by atoms with Crippen LogP contribution in [0.4, 0.5) is 14.6 Å². The van der Waals surface area contributed by atoms with Gasteiger partial charge in [-0.05, 0) is 26.0 Å². The van der Waals surface area contributed by atoms with Crippen molar-refractivity contribution in [2.45, 2.75) is 26.3 Å². The normalized spacial score (nSPS) is 16.9. The Hall–Kier alpha value is -3.89. The third-order valence-corrected chi connectivity index (χ3v) is 4.67. The predicted molar refractivity (Wildman–Crippen MR) is 118 cm³/mol. The summed E-state index contributed by atoms with van der Waals surface area (Å²) in [5.41, 5.74) is 5.76. The fourth-order valence-corrected chi connectivity index (χ4v) is 3.04. The highest BCUT2D eigenvalue weighted by atomic mass is 19.3. The van der Waals surface area contributed by atoms with Gasteiger partial charge in [0.05, 0.1) is 41.6 Å². The van der Waals surface area contributed by atoms with Crippen molar-refractivity contribution in [3.05, 3.63) is 65.1 Å². The van der Waals surface area contributed by atoms with E-state index in [1.165, 1.54) is 12.3 Å². The van der Waals surface area contributed by atoms with Crippen molar-refractivity contribution in [1.82, 2.24) is 20.5 Å². The Balaban J connectivity index is 1.83. The molecule has 1 amide bonds. The zero-order chi connectivity index (χ0) is 23.3. The Labute approximate surface area is 184 Å². The van der Waals surface area contributed by atoms with Gasteiger partial charge in [0.15, 0.2) is 0 Å². The molecule has 0 aliphatic carbocycles. The number of amides is 1. The van der Waals surface area contributed by atoms with Crippen LogP contribution in [0.5, 0.6) is 0 Å². The molecule has 1 aromatic rings. The second kappa shape index (κ2) is 9.94. The number of aliphatic imine (C=N–C) groups is 1. The van der Waals surface area contributed by atoms with Crippen LogP contribution < -0.4 is 21.7 Å². The fourth-order valence-electron chi connectivity index (χ4n) is 3.04. The van der Waals surface area contributed by atoms with Crippen LogP contribution >= 0.6 is 0 Å². The van der Waals surface area contributed by atoms with Crippen LogP contribution in [0.25, 0.3) is 5.70 Å². The number of pyridine rings is 1.